The molecule has 0 aliphatic carbocycles. The molecule has 2 aromatic rings. The minimum Gasteiger partial charge on any atom is -0.484 e. The summed E-state index contributed by atoms with van der Waals surface area (Å²) in [6.45, 7) is 0.402. The highest BCUT2D eigenvalue weighted by molar-refractivity contribution is 7.07. The minimum atomic E-state index is -4.42. The molecule has 0 fully saturated rings. The summed E-state index contributed by atoms with van der Waals surface area (Å²) in [4.78, 5) is 18.2. The van der Waals surface area contributed by atoms with Crippen LogP contribution >= 0.6 is 22.9 Å². The van der Waals surface area contributed by atoms with Gasteiger partial charge in [-0.2, -0.15) is 24.5 Å². The van der Waals surface area contributed by atoms with E-state index in [4.69, 9.17) is 41.9 Å². The maximum absolute atomic E-state index is 12.6. The number of aliphatic carboxylic acids is 2. The Hall–Kier alpha value is -2.30. The Labute approximate surface area is 160 Å². The number of nitrogens with two attached hydrogens (primary N) is 1. The lowest BCUT2D eigenvalue weighted by Crippen LogP contribution is -2.13. The van der Waals surface area contributed by atoms with Gasteiger partial charge in [0.2, 0.25) is 0 Å². The Morgan fingerprint density at radius 1 is 1.22 bits per heavy atom. The predicted molar refractivity (Wildman–Crippen MR) is 93.1 cm³/mol. The molecule has 1 heterocycles. The Morgan fingerprint density at radius 3 is 2.26 bits per heavy atom. The van der Waals surface area contributed by atoms with Crippen molar-refractivity contribution in [3.8, 4) is 5.75 Å². The van der Waals surface area contributed by atoms with E-state index in [0.29, 0.717) is 13.0 Å². The molecule has 1 aromatic carbocycles. The van der Waals surface area contributed by atoms with Crippen molar-refractivity contribution in [3.05, 3.63) is 51.2 Å². The molecule has 0 aliphatic rings. The second-order valence-corrected chi connectivity index (χ2v) is 6.18. The smallest absolute Gasteiger partial charge is 0.416 e. The summed E-state index contributed by atoms with van der Waals surface area (Å²) in [5, 5.41) is 18.5. The zero-order valence-electron chi connectivity index (χ0n) is 13.6. The Balaban J connectivity index is 0.000000527. The van der Waals surface area contributed by atoms with Gasteiger partial charge in [0.05, 0.1) is 10.6 Å². The fraction of sp³-hybridized carbons (Fsp3) is 0.250. The second-order valence-electron chi connectivity index (χ2n) is 4.99. The van der Waals surface area contributed by atoms with E-state index in [1.54, 1.807) is 0 Å². The van der Waals surface area contributed by atoms with E-state index in [9.17, 15) is 13.2 Å². The van der Waals surface area contributed by atoms with Gasteiger partial charge in [0.1, 0.15) is 11.9 Å². The molecule has 11 heteroatoms. The van der Waals surface area contributed by atoms with Crippen molar-refractivity contribution < 1.29 is 37.7 Å². The topological polar surface area (TPSA) is 110 Å². The summed E-state index contributed by atoms with van der Waals surface area (Å²) >= 11 is 7.40. The van der Waals surface area contributed by atoms with Crippen molar-refractivity contribution in [1.29, 1.82) is 0 Å². The average Bonchev–Trinajstić information content (AvgIpc) is 3.10. The average molecular weight is 426 g/mol. The lowest BCUT2D eigenvalue weighted by Gasteiger charge is -2.19. The number of carboxylic acids is 2. The number of carboxylic acid groups (broad SMARTS) is 2. The molecule has 0 saturated carbocycles. The molecule has 1 unspecified atom stereocenters. The van der Waals surface area contributed by atoms with Crippen molar-refractivity contribution in [2.45, 2.75) is 18.7 Å². The van der Waals surface area contributed by atoms with Crippen LogP contribution in [-0.2, 0) is 15.8 Å². The number of benzene rings is 1. The number of halogens is 4. The SMILES string of the molecule is NCCC(Oc1ccc(C(F)(F)F)cc1Cl)c1ccsc1.O=C(O)C(=O)O. The van der Waals surface area contributed by atoms with Crippen molar-refractivity contribution in [3.63, 3.8) is 0 Å². The molecule has 0 amide bonds. The monoisotopic (exact) mass is 425 g/mol. The summed E-state index contributed by atoms with van der Waals surface area (Å²) in [6.07, 6.45) is -4.20. The van der Waals surface area contributed by atoms with E-state index >= 15 is 0 Å². The van der Waals surface area contributed by atoms with Gasteiger partial charge in [-0.1, -0.05) is 11.6 Å². The number of ether oxygens (including phenoxy) is 1. The molecular formula is C16H15ClF3NO5S. The van der Waals surface area contributed by atoms with Crippen LogP contribution in [0.15, 0.2) is 35.0 Å². The van der Waals surface area contributed by atoms with Gasteiger partial charge in [-0.25, -0.2) is 9.59 Å². The maximum atomic E-state index is 12.6. The van der Waals surface area contributed by atoms with Gasteiger partial charge >= 0.3 is 18.1 Å². The fourth-order valence-electron chi connectivity index (χ4n) is 1.83. The van der Waals surface area contributed by atoms with E-state index in [-0.39, 0.29) is 16.9 Å². The standard InChI is InChI=1S/C14H13ClF3NOS.C2H2O4/c15-11-7-10(14(16,17)18)1-2-13(11)20-12(3-5-19)9-4-6-21-8-9;3-1(4)2(5)6/h1-2,4,6-8,12H,3,5,19H2;(H,3,4)(H,5,6). The van der Waals surface area contributed by atoms with Crippen LogP contribution in [-0.4, -0.2) is 28.7 Å². The van der Waals surface area contributed by atoms with Crippen molar-refractivity contribution in [2.75, 3.05) is 6.54 Å². The molecule has 0 bridgehead atoms. The predicted octanol–water partition coefficient (Wildman–Crippen LogP) is 4.04. The molecule has 1 atom stereocenters. The Bertz CT molecular complexity index is 756. The quantitative estimate of drug-likeness (QED) is 0.623. The molecule has 6 nitrogen and oxygen atoms in total. The van der Waals surface area contributed by atoms with Gasteiger partial charge < -0.3 is 20.7 Å². The first-order valence-corrected chi connectivity index (χ1v) is 8.60. The molecule has 0 aliphatic heterocycles. The second kappa shape index (κ2) is 10.1. The first kappa shape index (κ1) is 22.7. The van der Waals surface area contributed by atoms with E-state index in [1.807, 2.05) is 16.8 Å². The largest absolute Gasteiger partial charge is 0.484 e. The minimum absolute atomic E-state index is 0.0675. The lowest BCUT2D eigenvalue weighted by molar-refractivity contribution is -0.159. The van der Waals surface area contributed by atoms with Gasteiger partial charge in [0.15, 0.2) is 0 Å². The molecule has 0 radical (unpaired) electrons. The number of carbonyl (C=O) groups is 2. The molecule has 1 aromatic heterocycles. The van der Waals surface area contributed by atoms with Crippen LogP contribution in [0.3, 0.4) is 0 Å². The number of thiophene rings is 1. The maximum Gasteiger partial charge on any atom is 0.416 e. The first-order chi connectivity index (χ1) is 12.6. The molecule has 27 heavy (non-hydrogen) atoms. The summed E-state index contributed by atoms with van der Waals surface area (Å²) in [6, 6.07) is 4.95. The summed E-state index contributed by atoms with van der Waals surface area (Å²) < 4.78 is 43.5. The molecular weight excluding hydrogens is 411 g/mol. The highest BCUT2D eigenvalue weighted by atomic mass is 35.5. The van der Waals surface area contributed by atoms with Crippen LogP contribution in [0, 0.1) is 0 Å². The zero-order valence-corrected chi connectivity index (χ0v) is 15.1. The third kappa shape index (κ3) is 7.45. The van der Waals surface area contributed by atoms with E-state index in [1.165, 1.54) is 17.4 Å². The molecule has 4 N–H and O–H groups in total. The number of rotatable bonds is 5. The number of alkyl halides is 3. The summed E-state index contributed by atoms with van der Waals surface area (Å²) in [5.41, 5.74) is 5.68. The van der Waals surface area contributed by atoms with Gasteiger partial charge in [-0.3, -0.25) is 0 Å². The molecule has 2 rings (SSSR count). The lowest BCUT2D eigenvalue weighted by atomic mass is 10.1. The van der Waals surface area contributed by atoms with Crippen molar-refractivity contribution in [2.24, 2.45) is 5.73 Å². The summed E-state index contributed by atoms with van der Waals surface area (Å²) in [7, 11) is 0. The van der Waals surface area contributed by atoms with Gasteiger partial charge in [-0.05, 0) is 41.6 Å². The third-order valence-corrected chi connectivity index (χ3v) is 4.05. The highest BCUT2D eigenvalue weighted by Gasteiger charge is 2.31. The van der Waals surface area contributed by atoms with E-state index < -0.39 is 23.7 Å². The Morgan fingerprint density at radius 2 is 1.85 bits per heavy atom. The molecule has 148 valence electrons. The van der Waals surface area contributed by atoms with Gasteiger partial charge in [0, 0.05) is 12.0 Å². The van der Waals surface area contributed by atoms with E-state index in [0.717, 1.165) is 17.7 Å². The number of hydrogen-bond donors (Lipinski definition) is 3. The van der Waals surface area contributed by atoms with Gasteiger partial charge in [0.25, 0.3) is 0 Å². The summed E-state index contributed by atoms with van der Waals surface area (Å²) in [5.74, 6) is -3.43. The Kier molecular flexibility index (Phi) is 8.54. The van der Waals surface area contributed by atoms with Crippen LogP contribution in [0.5, 0.6) is 5.75 Å². The molecule has 0 spiro atoms. The fourth-order valence-corrected chi connectivity index (χ4v) is 2.76. The van der Waals surface area contributed by atoms with Crippen LogP contribution < -0.4 is 10.5 Å². The first-order valence-electron chi connectivity index (χ1n) is 7.28. The molecule has 0 saturated heterocycles. The van der Waals surface area contributed by atoms with Crippen molar-refractivity contribution >= 4 is 34.9 Å². The van der Waals surface area contributed by atoms with Crippen molar-refractivity contribution in [1.82, 2.24) is 0 Å². The van der Waals surface area contributed by atoms with Crippen LogP contribution in [0.1, 0.15) is 23.7 Å². The zero-order chi connectivity index (χ0) is 20.6. The normalized spacial score (nSPS) is 11.9. The number of hydrogen-bond acceptors (Lipinski definition) is 5. The third-order valence-electron chi connectivity index (χ3n) is 3.06. The van der Waals surface area contributed by atoms with Crippen LogP contribution in [0.25, 0.3) is 0 Å². The van der Waals surface area contributed by atoms with E-state index in [2.05, 4.69) is 0 Å². The van der Waals surface area contributed by atoms with Crippen LogP contribution in [0.2, 0.25) is 5.02 Å². The van der Waals surface area contributed by atoms with Gasteiger partial charge in [-0.15, -0.1) is 0 Å². The highest BCUT2D eigenvalue weighted by Crippen LogP contribution is 2.36. The van der Waals surface area contributed by atoms with Crippen LogP contribution in [0.4, 0.5) is 13.2 Å².